The van der Waals surface area contributed by atoms with Crippen LogP contribution in [0.1, 0.15) is 17.2 Å². The quantitative estimate of drug-likeness (QED) is 0.832. The van der Waals surface area contributed by atoms with E-state index in [-0.39, 0.29) is 17.8 Å². The normalized spacial score (nSPS) is 11.8. The lowest BCUT2D eigenvalue weighted by molar-refractivity contribution is -0.119. The number of benzene rings is 2. The van der Waals surface area contributed by atoms with E-state index >= 15 is 0 Å². The van der Waals surface area contributed by atoms with Gasteiger partial charge in [-0.05, 0) is 17.5 Å². The Morgan fingerprint density at radius 1 is 1.00 bits per heavy atom. The van der Waals surface area contributed by atoms with E-state index in [1.54, 1.807) is 0 Å². The Bertz CT molecular complexity index is 513. The van der Waals surface area contributed by atoms with Crippen molar-refractivity contribution in [3.05, 3.63) is 71.8 Å². The predicted octanol–water partition coefficient (Wildman–Crippen LogP) is 3.33. The van der Waals surface area contributed by atoms with Crippen molar-refractivity contribution in [2.45, 2.75) is 12.5 Å². The molecule has 19 heavy (non-hydrogen) atoms. The first-order valence-corrected chi connectivity index (χ1v) is 6.77. The number of carbonyl (C=O) groups is 1. The maximum atomic E-state index is 11.5. The minimum Gasteiger partial charge on any atom is -0.348 e. The molecule has 0 aliphatic carbocycles. The topological polar surface area (TPSA) is 29.1 Å². The zero-order valence-electron chi connectivity index (χ0n) is 10.6. The number of rotatable bonds is 5. The molecule has 0 aliphatic heterocycles. The zero-order valence-corrected chi connectivity index (χ0v) is 11.3. The van der Waals surface area contributed by atoms with Gasteiger partial charge in [0, 0.05) is 0 Å². The average molecular weight is 274 g/mol. The van der Waals surface area contributed by atoms with Crippen LogP contribution in [-0.2, 0) is 11.2 Å². The molecule has 0 spiro atoms. The van der Waals surface area contributed by atoms with Crippen LogP contribution in [0.25, 0.3) is 0 Å². The minimum absolute atomic E-state index is 0.0158. The van der Waals surface area contributed by atoms with Crippen molar-refractivity contribution in [2.75, 3.05) is 5.88 Å². The van der Waals surface area contributed by atoms with E-state index in [4.69, 9.17) is 11.6 Å². The summed E-state index contributed by atoms with van der Waals surface area (Å²) in [4.78, 5) is 11.5. The van der Waals surface area contributed by atoms with E-state index < -0.39 is 0 Å². The van der Waals surface area contributed by atoms with E-state index in [1.165, 1.54) is 5.56 Å². The van der Waals surface area contributed by atoms with Gasteiger partial charge in [0.1, 0.15) is 5.88 Å². The summed E-state index contributed by atoms with van der Waals surface area (Å²) in [5.74, 6) is -0.163. The maximum Gasteiger partial charge on any atom is 0.235 e. The van der Waals surface area contributed by atoms with Gasteiger partial charge in [-0.2, -0.15) is 0 Å². The fraction of sp³-hybridized carbons (Fsp3) is 0.188. The molecule has 0 bridgehead atoms. The van der Waals surface area contributed by atoms with Crippen LogP contribution in [0.15, 0.2) is 60.7 Å². The molecule has 3 heteroatoms. The Morgan fingerprint density at radius 3 is 2.16 bits per heavy atom. The number of hydrogen-bond acceptors (Lipinski definition) is 1. The van der Waals surface area contributed by atoms with Gasteiger partial charge in [-0.3, -0.25) is 4.79 Å². The first-order valence-electron chi connectivity index (χ1n) is 6.24. The highest BCUT2D eigenvalue weighted by Gasteiger charge is 2.14. The summed E-state index contributed by atoms with van der Waals surface area (Å²) in [6.45, 7) is 0. The highest BCUT2D eigenvalue weighted by atomic mass is 35.5. The van der Waals surface area contributed by atoms with Gasteiger partial charge in [-0.25, -0.2) is 0 Å². The van der Waals surface area contributed by atoms with E-state index in [2.05, 4.69) is 17.4 Å². The molecule has 1 amide bonds. The smallest absolute Gasteiger partial charge is 0.235 e. The fourth-order valence-corrected chi connectivity index (χ4v) is 2.10. The summed E-state index contributed by atoms with van der Waals surface area (Å²) in [6.07, 6.45) is 0.757. The van der Waals surface area contributed by atoms with Crippen molar-refractivity contribution in [3.63, 3.8) is 0 Å². The third-order valence-corrected chi connectivity index (χ3v) is 3.18. The molecule has 0 aromatic heterocycles. The molecule has 2 aromatic rings. The zero-order chi connectivity index (χ0) is 13.5. The summed E-state index contributed by atoms with van der Waals surface area (Å²) >= 11 is 5.57. The van der Waals surface area contributed by atoms with Gasteiger partial charge in [0.25, 0.3) is 0 Å². The molecule has 2 rings (SSSR count). The van der Waals surface area contributed by atoms with Crippen LogP contribution in [0.3, 0.4) is 0 Å². The van der Waals surface area contributed by atoms with Gasteiger partial charge < -0.3 is 5.32 Å². The summed E-state index contributed by atoms with van der Waals surface area (Å²) in [6, 6.07) is 20.0. The molecular formula is C16H16ClNO. The summed E-state index contributed by atoms with van der Waals surface area (Å²) < 4.78 is 0. The van der Waals surface area contributed by atoms with Crippen molar-refractivity contribution in [1.29, 1.82) is 0 Å². The minimum atomic E-state index is -0.147. The van der Waals surface area contributed by atoms with Crippen molar-refractivity contribution < 1.29 is 4.79 Å². The van der Waals surface area contributed by atoms with Gasteiger partial charge in [0.15, 0.2) is 0 Å². The van der Waals surface area contributed by atoms with Crippen molar-refractivity contribution >= 4 is 17.5 Å². The molecule has 1 N–H and O–H groups in total. The standard InChI is InChI=1S/C16H16ClNO/c17-12-16(19)18-15(14-9-5-2-6-10-14)11-13-7-3-1-4-8-13/h1-10,15H,11-12H2,(H,18,19)/t15-/m1/s1. The van der Waals surface area contributed by atoms with Crippen LogP contribution in [-0.4, -0.2) is 11.8 Å². The third-order valence-electron chi connectivity index (χ3n) is 2.94. The van der Waals surface area contributed by atoms with Crippen molar-refractivity contribution in [2.24, 2.45) is 0 Å². The summed E-state index contributed by atoms with van der Waals surface area (Å²) in [5, 5.41) is 2.96. The Kier molecular flexibility index (Phi) is 4.99. The van der Waals surface area contributed by atoms with Crippen LogP contribution >= 0.6 is 11.6 Å². The number of nitrogens with one attached hydrogen (secondary N) is 1. The van der Waals surface area contributed by atoms with E-state index in [9.17, 15) is 4.79 Å². The number of halogens is 1. The van der Waals surface area contributed by atoms with E-state index in [1.807, 2.05) is 48.5 Å². The molecule has 0 aliphatic rings. The number of amides is 1. The fourth-order valence-electron chi connectivity index (χ4n) is 2.02. The lowest BCUT2D eigenvalue weighted by atomic mass is 9.99. The number of carbonyl (C=O) groups excluding carboxylic acids is 1. The highest BCUT2D eigenvalue weighted by molar-refractivity contribution is 6.27. The van der Waals surface area contributed by atoms with Gasteiger partial charge in [0.2, 0.25) is 5.91 Å². The highest BCUT2D eigenvalue weighted by Crippen LogP contribution is 2.18. The Morgan fingerprint density at radius 2 is 1.58 bits per heavy atom. The Hall–Kier alpha value is -1.80. The van der Waals surface area contributed by atoms with Crippen LogP contribution in [0.2, 0.25) is 0 Å². The van der Waals surface area contributed by atoms with Gasteiger partial charge in [-0.1, -0.05) is 60.7 Å². The second-order valence-corrected chi connectivity index (χ2v) is 4.62. The SMILES string of the molecule is O=C(CCl)N[C@H](Cc1ccccc1)c1ccccc1. The maximum absolute atomic E-state index is 11.5. The molecule has 0 unspecified atom stereocenters. The molecule has 1 atom stereocenters. The van der Waals surface area contributed by atoms with Crippen LogP contribution in [0.5, 0.6) is 0 Å². The molecule has 0 saturated heterocycles. The Balaban J connectivity index is 2.17. The van der Waals surface area contributed by atoms with Crippen LogP contribution in [0.4, 0.5) is 0 Å². The molecule has 2 nitrogen and oxygen atoms in total. The van der Waals surface area contributed by atoms with E-state index in [0.29, 0.717) is 0 Å². The number of hydrogen-bond donors (Lipinski definition) is 1. The summed E-state index contributed by atoms with van der Waals surface area (Å²) in [5.41, 5.74) is 2.27. The second-order valence-electron chi connectivity index (χ2n) is 4.35. The number of alkyl halides is 1. The molecule has 0 fully saturated rings. The molecule has 0 heterocycles. The lowest BCUT2D eigenvalue weighted by Gasteiger charge is -2.19. The van der Waals surface area contributed by atoms with Gasteiger partial charge in [-0.15, -0.1) is 11.6 Å². The van der Waals surface area contributed by atoms with Crippen LogP contribution in [0, 0.1) is 0 Å². The van der Waals surface area contributed by atoms with Crippen molar-refractivity contribution in [3.8, 4) is 0 Å². The largest absolute Gasteiger partial charge is 0.348 e. The lowest BCUT2D eigenvalue weighted by Crippen LogP contribution is -2.30. The predicted molar refractivity (Wildman–Crippen MR) is 78.2 cm³/mol. The van der Waals surface area contributed by atoms with Gasteiger partial charge in [0.05, 0.1) is 6.04 Å². The van der Waals surface area contributed by atoms with E-state index in [0.717, 1.165) is 12.0 Å². The first-order chi connectivity index (χ1) is 9.29. The first kappa shape index (κ1) is 13.6. The van der Waals surface area contributed by atoms with Gasteiger partial charge >= 0.3 is 0 Å². The average Bonchev–Trinajstić information content (AvgIpc) is 2.48. The third kappa shape index (κ3) is 4.11. The summed E-state index contributed by atoms with van der Waals surface area (Å²) in [7, 11) is 0. The molecular weight excluding hydrogens is 258 g/mol. The monoisotopic (exact) mass is 273 g/mol. The second kappa shape index (κ2) is 6.95. The molecule has 0 saturated carbocycles. The van der Waals surface area contributed by atoms with Crippen LogP contribution < -0.4 is 5.32 Å². The van der Waals surface area contributed by atoms with Crippen molar-refractivity contribution in [1.82, 2.24) is 5.32 Å². The Labute approximate surface area is 118 Å². The molecule has 0 radical (unpaired) electrons. The molecule has 98 valence electrons. The molecule has 2 aromatic carbocycles.